The van der Waals surface area contributed by atoms with E-state index in [0.717, 1.165) is 12.5 Å². The summed E-state index contributed by atoms with van der Waals surface area (Å²) in [5.74, 6) is 0.929. The Labute approximate surface area is 57.1 Å². The first-order valence-electron chi connectivity index (χ1n) is 3.65. The summed E-state index contributed by atoms with van der Waals surface area (Å²) in [4.78, 5) is 0. The van der Waals surface area contributed by atoms with Crippen molar-refractivity contribution in [3.8, 4) is 0 Å². The van der Waals surface area contributed by atoms with Crippen LogP contribution >= 0.6 is 0 Å². The lowest BCUT2D eigenvalue weighted by molar-refractivity contribution is 0.868. The van der Waals surface area contributed by atoms with Crippen molar-refractivity contribution in [3.63, 3.8) is 0 Å². The average molecular weight is 125 g/mol. The van der Waals surface area contributed by atoms with Crippen LogP contribution < -0.4 is 5.32 Å². The van der Waals surface area contributed by atoms with Crippen LogP contribution in [0.1, 0.15) is 19.8 Å². The molecule has 1 aliphatic carbocycles. The highest BCUT2D eigenvalue weighted by atomic mass is 14.8. The van der Waals surface area contributed by atoms with Gasteiger partial charge in [-0.3, -0.25) is 0 Å². The van der Waals surface area contributed by atoms with Gasteiger partial charge in [0.05, 0.1) is 0 Å². The van der Waals surface area contributed by atoms with Crippen molar-refractivity contribution in [1.29, 1.82) is 0 Å². The van der Waals surface area contributed by atoms with E-state index >= 15 is 0 Å². The molecule has 0 aliphatic heterocycles. The van der Waals surface area contributed by atoms with E-state index in [1.807, 2.05) is 7.05 Å². The van der Waals surface area contributed by atoms with Crippen LogP contribution in [0.4, 0.5) is 0 Å². The van der Waals surface area contributed by atoms with Crippen LogP contribution in [0.5, 0.6) is 0 Å². The minimum absolute atomic E-state index is 0.929. The van der Waals surface area contributed by atoms with Gasteiger partial charge in [-0.25, -0.2) is 0 Å². The first-order chi connectivity index (χ1) is 4.33. The fraction of sp³-hybridized carbons (Fsp3) is 0.750. The van der Waals surface area contributed by atoms with E-state index in [-0.39, 0.29) is 0 Å². The molecule has 1 saturated carbocycles. The van der Waals surface area contributed by atoms with E-state index in [1.165, 1.54) is 18.4 Å². The standard InChI is InChI=1S/C8H15N/c1-7(6-9-2)5-8-3-4-8/h5,8-9H,3-4,6H2,1-2H3. The van der Waals surface area contributed by atoms with Gasteiger partial charge < -0.3 is 5.32 Å². The molecule has 0 saturated heterocycles. The van der Waals surface area contributed by atoms with Crippen LogP contribution in [0.15, 0.2) is 11.6 Å². The maximum atomic E-state index is 3.13. The Morgan fingerprint density at radius 3 is 2.78 bits per heavy atom. The van der Waals surface area contributed by atoms with Gasteiger partial charge in [0.2, 0.25) is 0 Å². The van der Waals surface area contributed by atoms with Crippen LogP contribution in [0, 0.1) is 5.92 Å². The Bertz CT molecular complexity index is 112. The van der Waals surface area contributed by atoms with Gasteiger partial charge in [0.15, 0.2) is 0 Å². The first kappa shape index (κ1) is 6.81. The van der Waals surface area contributed by atoms with Gasteiger partial charge in [-0.15, -0.1) is 0 Å². The minimum atomic E-state index is 0.929. The molecule has 0 spiro atoms. The molecule has 0 aromatic heterocycles. The summed E-state index contributed by atoms with van der Waals surface area (Å²) < 4.78 is 0. The Balaban J connectivity index is 2.20. The first-order valence-corrected chi connectivity index (χ1v) is 3.65. The van der Waals surface area contributed by atoms with Crippen molar-refractivity contribution in [2.24, 2.45) is 5.92 Å². The maximum Gasteiger partial charge on any atom is 0.0158 e. The maximum absolute atomic E-state index is 3.13. The van der Waals surface area contributed by atoms with E-state index in [9.17, 15) is 0 Å². The molecule has 0 heterocycles. The van der Waals surface area contributed by atoms with Gasteiger partial charge in [0, 0.05) is 6.54 Å². The number of nitrogens with one attached hydrogen (secondary N) is 1. The van der Waals surface area contributed by atoms with E-state index < -0.39 is 0 Å². The lowest BCUT2D eigenvalue weighted by Crippen LogP contribution is -2.08. The third-order valence-electron chi connectivity index (χ3n) is 1.60. The van der Waals surface area contributed by atoms with Crippen molar-refractivity contribution in [2.45, 2.75) is 19.8 Å². The quantitative estimate of drug-likeness (QED) is 0.564. The third-order valence-corrected chi connectivity index (χ3v) is 1.60. The van der Waals surface area contributed by atoms with Crippen molar-refractivity contribution in [3.05, 3.63) is 11.6 Å². The molecule has 0 aromatic carbocycles. The van der Waals surface area contributed by atoms with Crippen LogP contribution in [0.25, 0.3) is 0 Å². The van der Waals surface area contributed by atoms with Gasteiger partial charge in [-0.2, -0.15) is 0 Å². The number of likely N-dealkylation sites (N-methyl/N-ethyl adjacent to an activating group) is 1. The van der Waals surface area contributed by atoms with Crippen LogP contribution in [0.2, 0.25) is 0 Å². The second-order valence-corrected chi connectivity index (χ2v) is 2.88. The Kier molecular flexibility index (Phi) is 2.29. The molecule has 0 bridgehead atoms. The van der Waals surface area contributed by atoms with Gasteiger partial charge in [0.25, 0.3) is 0 Å². The highest BCUT2D eigenvalue weighted by Crippen LogP contribution is 2.30. The zero-order chi connectivity index (χ0) is 6.69. The molecule has 0 atom stereocenters. The highest BCUT2D eigenvalue weighted by molar-refractivity contribution is 5.06. The molecule has 1 fully saturated rings. The molecule has 1 heteroatoms. The minimum Gasteiger partial charge on any atom is -0.316 e. The molecule has 0 radical (unpaired) electrons. The summed E-state index contributed by atoms with van der Waals surface area (Å²) in [6.07, 6.45) is 5.22. The molecule has 52 valence electrons. The molecular weight excluding hydrogens is 110 g/mol. The lowest BCUT2D eigenvalue weighted by atomic mass is 10.2. The summed E-state index contributed by atoms with van der Waals surface area (Å²) in [7, 11) is 1.99. The van der Waals surface area contributed by atoms with Crippen LogP contribution in [-0.2, 0) is 0 Å². The third kappa shape index (κ3) is 2.66. The predicted molar refractivity (Wildman–Crippen MR) is 40.4 cm³/mol. The molecule has 0 unspecified atom stereocenters. The van der Waals surface area contributed by atoms with E-state index in [4.69, 9.17) is 0 Å². The summed E-state index contributed by atoms with van der Waals surface area (Å²) in [6.45, 7) is 3.24. The van der Waals surface area contributed by atoms with Crippen LogP contribution in [-0.4, -0.2) is 13.6 Å². The fourth-order valence-corrected chi connectivity index (χ4v) is 1.00. The predicted octanol–water partition coefficient (Wildman–Crippen LogP) is 1.56. The van der Waals surface area contributed by atoms with Crippen molar-refractivity contribution in [1.82, 2.24) is 5.32 Å². The Hall–Kier alpha value is -0.300. The topological polar surface area (TPSA) is 12.0 Å². The molecule has 1 aliphatic rings. The molecule has 1 nitrogen and oxygen atoms in total. The molecule has 1 rings (SSSR count). The number of hydrogen-bond donors (Lipinski definition) is 1. The fourth-order valence-electron chi connectivity index (χ4n) is 1.00. The lowest BCUT2D eigenvalue weighted by Gasteiger charge is -1.96. The number of rotatable bonds is 3. The Morgan fingerprint density at radius 1 is 1.67 bits per heavy atom. The normalized spacial score (nSPS) is 20.4. The summed E-state index contributed by atoms with van der Waals surface area (Å²) in [6, 6.07) is 0. The number of hydrogen-bond acceptors (Lipinski definition) is 1. The summed E-state index contributed by atoms with van der Waals surface area (Å²) in [5.41, 5.74) is 1.49. The second-order valence-electron chi connectivity index (χ2n) is 2.88. The summed E-state index contributed by atoms with van der Waals surface area (Å²) in [5, 5.41) is 3.13. The zero-order valence-electron chi connectivity index (χ0n) is 6.28. The van der Waals surface area contributed by atoms with E-state index in [1.54, 1.807) is 0 Å². The number of allylic oxidation sites excluding steroid dienone is 1. The Morgan fingerprint density at radius 2 is 2.33 bits per heavy atom. The monoisotopic (exact) mass is 125 g/mol. The van der Waals surface area contributed by atoms with Gasteiger partial charge in [0.1, 0.15) is 0 Å². The second kappa shape index (κ2) is 3.02. The smallest absolute Gasteiger partial charge is 0.0158 e. The zero-order valence-corrected chi connectivity index (χ0v) is 6.28. The molecular formula is C8H15N. The SMILES string of the molecule is CNCC(C)=CC1CC1. The molecule has 0 aromatic rings. The van der Waals surface area contributed by atoms with Gasteiger partial charge in [-0.05, 0) is 32.7 Å². The molecule has 1 N–H and O–H groups in total. The van der Waals surface area contributed by atoms with Gasteiger partial charge >= 0.3 is 0 Å². The van der Waals surface area contributed by atoms with Crippen molar-refractivity contribution in [2.75, 3.05) is 13.6 Å². The van der Waals surface area contributed by atoms with Gasteiger partial charge in [-0.1, -0.05) is 11.6 Å². The highest BCUT2D eigenvalue weighted by Gasteiger charge is 2.17. The van der Waals surface area contributed by atoms with Crippen molar-refractivity contribution < 1.29 is 0 Å². The van der Waals surface area contributed by atoms with Crippen molar-refractivity contribution >= 4 is 0 Å². The average Bonchev–Trinajstić information content (AvgIpc) is 2.50. The molecule has 0 amide bonds. The molecule has 9 heavy (non-hydrogen) atoms. The largest absolute Gasteiger partial charge is 0.316 e. The van der Waals surface area contributed by atoms with E-state index in [2.05, 4.69) is 18.3 Å². The van der Waals surface area contributed by atoms with Crippen LogP contribution in [0.3, 0.4) is 0 Å². The summed E-state index contributed by atoms with van der Waals surface area (Å²) >= 11 is 0. The van der Waals surface area contributed by atoms with E-state index in [0.29, 0.717) is 0 Å².